The third-order valence-electron chi connectivity index (χ3n) is 4.33. The van der Waals surface area contributed by atoms with Crippen molar-refractivity contribution < 1.29 is 4.74 Å². The van der Waals surface area contributed by atoms with E-state index in [4.69, 9.17) is 21.4 Å². The second-order valence-corrected chi connectivity index (χ2v) is 6.69. The van der Waals surface area contributed by atoms with Gasteiger partial charge in [-0.05, 0) is 43.5 Å². The third kappa shape index (κ3) is 5.13. The molecule has 1 saturated carbocycles. The molecule has 0 amide bonds. The minimum absolute atomic E-state index is 0. The molecule has 0 atom stereocenters. The predicted molar refractivity (Wildman–Crippen MR) is 100.0 cm³/mol. The van der Waals surface area contributed by atoms with Crippen LogP contribution in [-0.2, 0) is 19.7 Å². The van der Waals surface area contributed by atoms with Crippen molar-refractivity contribution in [1.82, 2.24) is 15.1 Å². The van der Waals surface area contributed by atoms with Gasteiger partial charge in [-0.3, -0.25) is 0 Å². The molecule has 1 aromatic carbocycles. The molecule has 132 valence electrons. The molecule has 1 N–H and O–H groups in total. The number of hydrogen-bond acceptors (Lipinski definition) is 3. The Balaban J connectivity index is 0.00000208. The second-order valence-electron chi connectivity index (χ2n) is 6.26. The van der Waals surface area contributed by atoms with Gasteiger partial charge in [0.1, 0.15) is 6.61 Å². The quantitative estimate of drug-likeness (QED) is 0.783. The van der Waals surface area contributed by atoms with Gasteiger partial charge in [0.2, 0.25) is 5.88 Å². The summed E-state index contributed by atoms with van der Waals surface area (Å²) in [6.45, 7) is 2.22. The molecule has 24 heavy (non-hydrogen) atoms. The SMILES string of the molecule is CNCc1cc(OCc2cccc(Cl)c2)n(CC2CCCC2)n1.Cl. The molecule has 0 spiro atoms. The van der Waals surface area contributed by atoms with Crippen LogP contribution in [0.5, 0.6) is 5.88 Å². The summed E-state index contributed by atoms with van der Waals surface area (Å²) in [5.74, 6) is 1.58. The van der Waals surface area contributed by atoms with E-state index in [0.717, 1.165) is 41.2 Å². The van der Waals surface area contributed by atoms with E-state index in [0.29, 0.717) is 6.61 Å². The molecule has 0 aliphatic heterocycles. The standard InChI is InChI=1S/C18H24ClN3O.ClH/c1-20-11-17-10-18(22(21-17)12-14-5-2-3-6-14)23-13-15-7-4-8-16(19)9-15;/h4,7-10,14,20H,2-3,5-6,11-13H2,1H3;1H. The van der Waals surface area contributed by atoms with E-state index in [1.807, 2.05) is 42.1 Å². The summed E-state index contributed by atoms with van der Waals surface area (Å²) in [5, 5.41) is 8.58. The van der Waals surface area contributed by atoms with Crippen molar-refractivity contribution in [3.8, 4) is 5.88 Å². The van der Waals surface area contributed by atoms with Gasteiger partial charge in [0.15, 0.2) is 0 Å². The molecule has 2 aromatic rings. The largest absolute Gasteiger partial charge is 0.473 e. The van der Waals surface area contributed by atoms with E-state index in [-0.39, 0.29) is 12.4 Å². The molecule has 1 fully saturated rings. The van der Waals surface area contributed by atoms with Crippen molar-refractivity contribution >= 4 is 24.0 Å². The number of ether oxygens (including phenoxy) is 1. The highest BCUT2D eigenvalue weighted by molar-refractivity contribution is 6.30. The first-order chi connectivity index (χ1) is 11.2. The molecule has 0 bridgehead atoms. The number of rotatable bonds is 7. The molecular weight excluding hydrogens is 345 g/mol. The minimum atomic E-state index is 0. The Morgan fingerprint density at radius 3 is 2.79 bits per heavy atom. The number of nitrogens with zero attached hydrogens (tertiary/aromatic N) is 2. The van der Waals surface area contributed by atoms with E-state index in [9.17, 15) is 0 Å². The summed E-state index contributed by atoms with van der Waals surface area (Å²) in [4.78, 5) is 0. The summed E-state index contributed by atoms with van der Waals surface area (Å²) in [7, 11) is 1.93. The van der Waals surface area contributed by atoms with Crippen LogP contribution in [0.25, 0.3) is 0 Å². The second kappa shape index (κ2) is 9.30. The fraction of sp³-hybridized carbons (Fsp3) is 0.500. The number of aromatic nitrogens is 2. The van der Waals surface area contributed by atoms with E-state index in [2.05, 4.69) is 5.32 Å². The molecule has 0 unspecified atom stereocenters. The zero-order chi connectivity index (χ0) is 16.1. The van der Waals surface area contributed by atoms with Gasteiger partial charge in [-0.1, -0.05) is 36.6 Å². The topological polar surface area (TPSA) is 39.1 Å². The number of benzene rings is 1. The van der Waals surface area contributed by atoms with Gasteiger partial charge in [0.05, 0.1) is 5.69 Å². The Morgan fingerprint density at radius 1 is 1.29 bits per heavy atom. The van der Waals surface area contributed by atoms with Gasteiger partial charge in [-0.25, -0.2) is 4.68 Å². The van der Waals surface area contributed by atoms with Crippen LogP contribution in [0.3, 0.4) is 0 Å². The van der Waals surface area contributed by atoms with Gasteiger partial charge < -0.3 is 10.1 Å². The Bertz CT molecular complexity index is 639. The van der Waals surface area contributed by atoms with Crippen LogP contribution in [0.2, 0.25) is 5.02 Å². The van der Waals surface area contributed by atoms with Crippen molar-refractivity contribution in [2.24, 2.45) is 5.92 Å². The Morgan fingerprint density at radius 2 is 2.08 bits per heavy atom. The van der Waals surface area contributed by atoms with Crippen molar-refractivity contribution in [3.05, 3.63) is 46.6 Å². The molecule has 1 aliphatic rings. The fourth-order valence-corrected chi connectivity index (χ4v) is 3.40. The zero-order valence-electron chi connectivity index (χ0n) is 14.0. The average molecular weight is 370 g/mol. The lowest BCUT2D eigenvalue weighted by Gasteiger charge is -2.13. The first-order valence-electron chi connectivity index (χ1n) is 8.33. The Kier molecular flexibility index (Phi) is 7.40. The summed E-state index contributed by atoms with van der Waals surface area (Å²) in [5.41, 5.74) is 2.09. The van der Waals surface area contributed by atoms with Crippen molar-refractivity contribution in [2.75, 3.05) is 7.05 Å². The maximum absolute atomic E-state index is 6.04. The summed E-state index contributed by atoms with van der Waals surface area (Å²) < 4.78 is 8.06. The molecule has 6 heteroatoms. The first kappa shape index (κ1) is 19.1. The van der Waals surface area contributed by atoms with Gasteiger partial charge in [-0.15, -0.1) is 12.4 Å². The molecule has 1 heterocycles. The van der Waals surface area contributed by atoms with E-state index >= 15 is 0 Å². The van der Waals surface area contributed by atoms with Crippen LogP contribution >= 0.6 is 24.0 Å². The maximum atomic E-state index is 6.04. The van der Waals surface area contributed by atoms with E-state index in [1.165, 1.54) is 25.7 Å². The highest BCUT2D eigenvalue weighted by Gasteiger charge is 2.18. The average Bonchev–Trinajstić information content (AvgIpc) is 3.16. The molecule has 1 aliphatic carbocycles. The molecule has 0 radical (unpaired) electrons. The summed E-state index contributed by atoms with van der Waals surface area (Å²) in [6, 6.07) is 9.82. The minimum Gasteiger partial charge on any atom is -0.473 e. The predicted octanol–water partition coefficient (Wildman–Crippen LogP) is 4.45. The molecule has 0 saturated heterocycles. The van der Waals surface area contributed by atoms with Crippen LogP contribution in [0.1, 0.15) is 36.9 Å². The van der Waals surface area contributed by atoms with Gasteiger partial charge in [0, 0.05) is 24.2 Å². The summed E-state index contributed by atoms with van der Waals surface area (Å²) in [6.07, 6.45) is 5.28. The first-order valence-corrected chi connectivity index (χ1v) is 8.71. The molecule has 1 aromatic heterocycles. The van der Waals surface area contributed by atoms with Gasteiger partial charge in [-0.2, -0.15) is 5.10 Å². The van der Waals surface area contributed by atoms with Crippen LogP contribution in [0.4, 0.5) is 0 Å². The van der Waals surface area contributed by atoms with Crippen molar-refractivity contribution in [1.29, 1.82) is 0 Å². The smallest absolute Gasteiger partial charge is 0.212 e. The zero-order valence-corrected chi connectivity index (χ0v) is 15.6. The van der Waals surface area contributed by atoms with Crippen LogP contribution in [0, 0.1) is 5.92 Å². The lowest BCUT2D eigenvalue weighted by atomic mass is 10.1. The monoisotopic (exact) mass is 369 g/mol. The lowest BCUT2D eigenvalue weighted by Crippen LogP contribution is -2.12. The fourth-order valence-electron chi connectivity index (χ4n) is 3.19. The highest BCUT2D eigenvalue weighted by atomic mass is 35.5. The molecule has 4 nitrogen and oxygen atoms in total. The third-order valence-corrected chi connectivity index (χ3v) is 4.57. The summed E-state index contributed by atoms with van der Waals surface area (Å²) >= 11 is 6.04. The van der Waals surface area contributed by atoms with Crippen LogP contribution in [0.15, 0.2) is 30.3 Å². The van der Waals surface area contributed by atoms with Crippen LogP contribution in [-0.4, -0.2) is 16.8 Å². The van der Waals surface area contributed by atoms with E-state index in [1.54, 1.807) is 0 Å². The molecular formula is C18H25Cl2N3O. The number of halogens is 2. The van der Waals surface area contributed by atoms with Gasteiger partial charge >= 0.3 is 0 Å². The number of hydrogen-bond donors (Lipinski definition) is 1. The van der Waals surface area contributed by atoms with Gasteiger partial charge in [0.25, 0.3) is 0 Å². The number of nitrogens with one attached hydrogen (secondary N) is 1. The molecule has 3 rings (SSSR count). The Hall–Kier alpha value is -1.23. The Labute approximate surface area is 154 Å². The maximum Gasteiger partial charge on any atom is 0.212 e. The van der Waals surface area contributed by atoms with Crippen molar-refractivity contribution in [2.45, 2.75) is 45.4 Å². The lowest BCUT2D eigenvalue weighted by molar-refractivity contribution is 0.261. The van der Waals surface area contributed by atoms with Crippen molar-refractivity contribution in [3.63, 3.8) is 0 Å². The highest BCUT2D eigenvalue weighted by Crippen LogP contribution is 2.28. The van der Waals surface area contributed by atoms with Crippen LogP contribution < -0.4 is 10.1 Å². The normalized spacial score (nSPS) is 14.6. The van der Waals surface area contributed by atoms with E-state index < -0.39 is 0 Å².